The Kier molecular flexibility index (Phi) is 3.90. The second-order valence-corrected chi connectivity index (χ2v) is 3.54. The molecule has 0 aliphatic rings. The molecule has 4 nitrogen and oxygen atoms in total. The molecule has 1 heterocycles. The van der Waals surface area contributed by atoms with E-state index in [-0.39, 0.29) is 5.56 Å². The van der Waals surface area contributed by atoms with Crippen molar-refractivity contribution in [1.82, 2.24) is 4.98 Å². The van der Waals surface area contributed by atoms with Gasteiger partial charge in [0.2, 0.25) is 0 Å². The summed E-state index contributed by atoms with van der Waals surface area (Å²) in [6.07, 6.45) is 5.78. The highest BCUT2D eigenvalue weighted by Crippen LogP contribution is 2.14. The lowest BCUT2D eigenvalue weighted by molar-refractivity contribution is 0.0696. The first-order chi connectivity index (χ1) is 7.54. The molecule has 0 saturated carbocycles. The molecule has 0 aliphatic carbocycles. The van der Waals surface area contributed by atoms with E-state index in [1.807, 2.05) is 11.9 Å². The van der Waals surface area contributed by atoms with Crippen LogP contribution < -0.4 is 4.90 Å². The summed E-state index contributed by atoms with van der Waals surface area (Å²) in [7, 11) is 1.84. The normalized spacial score (nSPS) is 9.56. The monoisotopic (exact) mass is 218 g/mol. The number of carboxylic acids is 1. The minimum atomic E-state index is -0.947. The van der Waals surface area contributed by atoms with E-state index in [1.165, 1.54) is 0 Å². The number of pyridine rings is 1. The van der Waals surface area contributed by atoms with E-state index in [0.717, 1.165) is 0 Å². The molecule has 0 saturated heterocycles. The standard InChI is InChI=1S/C12H14N2O2/c1-4-5-6-14(3)11-8-10(12(15)16)7-9(2)13-11/h1,7-8H,5-6H2,2-3H3,(H,15,16). The molecule has 0 bridgehead atoms. The second-order valence-electron chi connectivity index (χ2n) is 3.54. The number of aromatic carboxylic acids is 1. The highest BCUT2D eigenvalue weighted by atomic mass is 16.4. The first kappa shape index (κ1) is 12.1. The zero-order valence-electron chi connectivity index (χ0n) is 9.40. The lowest BCUT2D eigenvalue weighted by atomic mass is 10.2. The average Bonchev–Trinajstić information content (AvgIpc) is 2.24. The zero-order chi connectivity index (χ0) is 12.1. The zero-order valence-corrected chi connectivity index (χ0v) is 9.40. The van der Waals surface area contributed by atoms with Gasteiger partial charge in [-0.15, -0.1) is 12.3 Å². The Bertz CT molecular complexity index is 435. The number of hydrogen-bond acceptors (Lipinski definition) is 3. The summed E-state index contributed by atoms with van der Waals surface area (Å²) >= 11 is 0. The maximum Gasteiger partial charge on any atom is 0.335 e. The fraction of sp³-hybridized carbons (Fsp3) is 0.333. The van der Waals surface area contributed by atoms with E-state index >= 15 is 0 Å². The summed E-state index contributed by atoms with van der Waals surface area (Å²) in [5, 5.41) is 8.91. The molecular formula is C12H14N2O2. The molecule has 0 spiro atoms. The Morgan fingerprint density at radius 2 is 2.31 bits per heavy atom. The molecule has 1 aromatic heterocycles. The van der Waals surface area contributed by atoms with Gasteiger partial charge in [0.25, 0.3) is 0 Å². The smallest absolute Gasteiger partial charge is 0.335 e. The van der Waals surface area contributed by atoms with Crippen LogP contribution in [0.4, 0.5) is 5.82 Å². The van der Waals surface area contributed by atoms with Crippen LogP contribution in [0.3, 0.4) is 0 Å². The SMILES string of the molecule is C#CCCN(C)c1cc(C(=O)O)cc(C)n1. The van der Waals surface area contributed by atoms with Crippen LogP contribution in [0, 0.1) is 19.3 Å². The number of terminal acetylenes is 1. The molecule has 0 radical (unpaired) electrons. The van der Waals surface area contributed by atoms with Gasteiger partial charge in [0.1, 0.15) is 5.82 Å². The third-order valence-electron chi connectivity index (χ3n) is 2.17. The molecular weight excluding hydrogens is 204 g/mol. The summed E-state index contributed by atoms with van der Waals surface area (Å²) in [6.45, 7) is 2.43. The first-order valence-electron chi connectivity index (χ1n) is 4.91. The van der Waals surface area contributed by atoms with Gasteiger partial charge in [-0.1, -0.05) is 0 Å². The molecule has 1 aromatic rings. The number of aryl methyl sites for hydroxylation is 1. The lowest BCUT2D eigenvalue weighted by Gasteiger charge is -2.17. The Morgan fingerprint density at radius 1 is 1.62 bits per heavy atom. The van der Waals surface area contributed by atoms with Gasteiger partial charge in [-0.2, -0.15) is 0 Å². The van der Waals surface area contributed by atoms with Crippen molar-refractivity contribution in [1.29, 1.82) is 0 Å². The van der Waals surface area contributed by atoms with Gasteiger partial charge in [-0.25, -0.2) is 9.78 Å². The highest BCUT2D eigenvalue weighted by Gasteiger charge is 2.09. The number of carbonyl (C=O) groups is 1. The van der Waals surface area contributed by atoms with Gasteiger partial charge in [0, 0.05) is 25.7 Å². The van der Waals surface area contributed by atoms with Crippen LogP contribution in [0.25, 0.3) is 0 Å². The largest absolute Gasteiger partial charge is 0.478 e. The predicted molar refractivity (Wildman–Crippen MR) is 62.7 cm³/mol. The van der Waals surface area contributed by atoms with Crippen LogP contribution in [0.5, 0.6) is 0 Å². The van der Waals surface area contributed by atoms with Crippen molar-refractivity contribution in [2.45, 2.75) is 13.3 Å². The Balaban J connectivity index is 2.96. The van der Waals surface area contributed by atoms with Gasteiger partial charge in [-0.05, 0) is 19.1 Å². The van der Waals surface area contributed by atoms with Gasteiger partial charge in [0.15, 0.2) is 0 Å². The first-order valence-corrected chi connectivity index (χ1v) is 4.91. The van der Waals surface area contributed by atoms with E-state index in [0.29, 0.717) is 24.5 Å². The maximum atomic E-state index is 10.9. The predicted octanol–water partition coefficient (Wildman–Crippen LogP) is 1.55. The third-order valence-corrected chi connectivity index (χ3v) is 2.17. The van der Waals surface area contributed by atoms with Crippen molar-refractivity contribution >= 4 is 11.8 Å². The van der Waals surface area contributed by atoms with Gasteiger partial charge < -0.3 is 10.0 Å². The summed E-state index contributed by atoms with van der Waals surface area (Å²) in [6, 6.07) is 3.09. The van der Waals surface area contributed by atoms with Crippen molar-refractivity contribution in [2.75, 3.05) is 18.5 Å². The summed E-state index contributed by atoms with van der Waals surface area (Å²) in [5.74, 6) is 2.22. The summed E-state index contributed by atoms with van der Waals surface area (Å²) < 4.78 is 0. The molecule has 0 amide bonds. The minimum Gasteiger partial charge on any atom is -0.478 e. The van der Waals surface area contributed by atoms with Crippen LogP contribution >= 0.6 is 0 Å². The van der Waals surface area contributed by atoms with Crippen molar-refractivity contribution < 1.29 is 9.90 Å². The molecule has 84 valence electrons. The molecule has 0 aliphatic heterocycles. The Hall–Kier alpha value is -2.02. The number of carboxylic acid groups (broad SMARTS) is 1. The second kappa shape index (κ2) is 5.17. The van der Waals surface area contributed by atoms with Crippen molar-refractivity contribution in [2.24, 2.45) is 0 Å². The number of aromatic nitrogens is 1. The Labute approximate surface area is 94.9 Å². The fourth-order valence-electron chi connectivity index (χ4n) is 1.32. The molecule has 0 aromatic carbocycles. The molecule has 0 unspecified atom stereocenters. The number of rotatable bonds is 4. The molecule has 16 heavy (non-hydrogen) atoms. The van der Waals surface area contributed by atoms with E-state index < -0.39 is 5.97 Å². The van der Waals surface area contributed by atoms with Crippen LogP contribution in [0.15, 0.2) is 12.1 Å². The van der Waals surface area contributed by atoms with Crippen molar-refractivity contribution in [3.63, 3.8) is 0 Å². The highest BCUT2D eigenvalue weighted by molar-refractivity contribution is 5.88. The maximum absolute atomic E-state index is 10.9. The molecule has 4 heteroatoms. The van der Waals surface area contributed by atoms with E-state index in [2.05, 4.69) is 10.9 Å². The van der Waals surface area contributed by atoms with Crippen molar-refractivity contribution in [3.05, 3.63) is 23.4 Å². The average molecular weight is 218 g/mol. The fourth-order valence-corrected chi connectivity index (χ4v) is 1.32. The number of hydrogen-bond donors (Lipinski definition) is 1. The quantitative estimate of drug-likeness (QED) is 0.779. The van der Waals surface area contributed by atoms with Crippen LogP contribution in [-0.4, -0.2) is 29.7 Å². The van der Waals surface area contributed by atoms with E-state index in [1.54, 1.807) is 19.1 Å². The summed E-state index contributed by atoms with van der Waals surface area (Å²) in [5.41, 5.74) is 0.928. The van der Waals surface area contributed by atoms with Gasteiger partial charge in [-0.3, -0.25) is 0 Å². The van der Waals surface area contributed by atoms with Gasteiger partial charge in [0.05, 0.1) is 5.56 Å². The third kappa shape index (κ3) is 2.99. The van der Waals surface area contributed by atoms with Crippen LogP contribution in [0.2, 0.25) is 0 Å². The van der Waals surface area contributed by atoms with Crippen molar-refractivity contribution in [3.8, 4) is 12.3 Å². The topological polar surface area (TPSA) is 53.4 Å². The van der Waals surface area contributed by atoms with E-state index in [9.17, 15) is 4.79 Å². The van der Waals surface area contributed by atoms with Crippen LogP contribution in [0.1, 0.15) is 22.5 Å². The number of anilines is 1. The minimum absolute atomic E-state index is 0.245. The van der Waals surface area contributed by atoms with E-state index in [4.69, 9.17) is 11.5 Å². The molecule has 0 atom stereocenters. The van der Waals surface area contributed by atoms with Crippen LogP contribution in [-0.2, 0) is 0 Å². The molecule has 0 fully saturated rings. The number of nitrogens with zero attached hydrogens (tertiary/aromatic N) is 2. The van der Waals surface area contributed by atoms with Gasteiger partial charge >= 0.3 is 5.97 Å². The molecule has 1 rings (SSSR count). The Morgan fingerprint density at radius 3 is 2.88 bits per heavy atom. The lowest BCUT2D eigenvalue weighted by Crippen LogP contribution is -2.20. The summed E-state index contributed by atoms with van der Waals surface area (Å²) in [4.78, 5) is 17.0. The molecule has 1 N–H and O–H groups in total.